The first-order valence-corrected chi connectivity index (χ1v) is 11.8. The van der Waals surface area contributed by atoms with Crippen LogP contribution in [0.5, 0.6) is 0 Å². The lowest BCUT2D eigenvalue weighted by atomic mass is 10.0. The van der Waals surface area contributed by atoms with Crippen molar-refractivity contribution >= 4 is 5.91 Å². The number of carbonyl (C=O) groups excluding carboxylic acids is 1. The Labute approximate surface area is 186 Å². The van der Waals surface area contributed by atoms with Gasteiger partial charge in [-0.2, -0.15) is 0 Å². The Morgan fingerprint density at radius 3 is 1.47 bits per heavy atom. The summed E-state index contributed by atoms with van der Waals surface area (Å²) in [7, 11) is 2.12. The van der Waals surface area contributed by atoms with Gasteiger partial charge in [-0.25, -0.2) is 0 Å². The zero-order chi connectivity index (χ0) is 22.4. The lowest BCUT2D eigenvalue weighted by Crippen LogP contribution is -2.47. The first-order chi connectivity index (χ1) is 14.3. The molecule has 0 unspecified atom stereocenters. The van der Waals surface area contributed by atoms with E-state index in [2.05, 4.69) is 70.9 Å². The van der Waals surface area contributed by atoms with Crippen molar-refractivity contribution < 1.29 is 4.79 Å². The van der Waals surface area contributed by atoms with Gasteiger partial charge in [-0.15, -0.1) is 0 Å². The van der Waals surface area contributed by atoms with Crippen LogP contribution in [0.1, 0.15) is 86.0 Å². The fourth-order valence-electron chi connectivity index (χ4n) is 3.64. The first kappa shape index (κ1) is 26.4. The highest BCUT2D eigenvalue weighted by atomic mass is 16.2. The quantitative estimate of drug-likeness (QED) is 0.332. The van der Waals surface area contributed by atoms with Crippen LogP contribution in [0.3, 0.4) is 0 Å². The van der Waals surface area contributed by atoms with Crippen LogP contribution in [0.4, 0.5) is 0 Å². The molecule has 0 radical (unpaired) electrons. The first-order valence-electron chi connectivity index (χ1n) is 11.8. The van der Waals surface area contributed by atoms with Crippen molar-refractivity contribution in [2.45, 2.75) is 86.0 Å². The smallest absolute Gasteiger partial charge is 0.222 e. The minimum atomic E-state index is 0.312. The standard InChI is InChI=1S/C27H46N2O/c1-23(2)11-7-12-24(3)13-8-14-25(4)15-9-16-26(5)17-10-18-27(30)29-21-19-28(6)20-22-29/h11,13,15,17H,7-10,12,14,16,18-22H2,1-6H3/b24-13+,25-15?,26-17+. The van der Waals surface area contributed by atoms with Gasteiger partial charge in [0, 0.05) is 32.6 Å². The number of allylic oxidation sites excluding steroid dienone is 8. The van der Waals surface area contributed by atoms with Crippen molar-refractivity contribution in [3.63, 3.8) is 0 Å². The minimum Gasteiger partial charge on any atom is -0.340 e. The summed E-state index contributed by atoms with van der Waals surface area (Å²) < 4.78 is 0. The molecule has 30 heavy (non-hydrogen) atoms. The maximum Gasteiger partial charge on any atom is 0.222 e. The summed E-state index contributed by atoms with van der Waals surface area (Å²) in [6.07, 6.45) is 17.7. The molecule has 0 spiro atoms. The minimum absolute atomic E-state index is 0.312. The molecular formula is C27H46N2O. The number of likely N-dealkylation sites (N-methyl/N-ethyl adjacent to an activating group) is 1. The van der Waals surface area contributed by atoms with Crippen LogP contribution in [0.25, 0.3) is 0 Å². The molecule has 0 saturated carbocycles. The molecule has 170 valence electrons. The summed E-state index contributed by atoms with van der Waals surface area (Å²) in [6, 6.07) is 0. The molecule has 1 heterocycles. The SMILES string of the molecule is CC(C)=CCC/C(C)=C/CCC(C)=CCC/C(C)=C/CCC(=O)N1CCN(C)CC1. The van der Waals surface area contributed by atoms with E-state index < -0.39 is 0 Å². The summed E-state index contributed by atoms with van der Waals surface area (Å²) in [5.41, 5.74) is 5.80. The summed E-state index contributed by atoms with van der Waals surface area (Å²) in [4.78, 5) is 16.6. The molecule has 0 aliphatic carbocycles. The fourth-order valence-corrected chi connectivity index (χ4v) is 3.64. The van der Waals surface area contributed by atoms with Gasteiger partial charge in [0.25, 0.3) is 0 Å². The number of hydrogen-bond acceptors (Lipinski definition) is 2. The molecule has 0 atom stereocenters. The maximum absolute atomic E-state index is 12.3. The third-order valence-electron chi connectivity index (χ3n) is 5.86. The van der Waals surface area contributed by atoms with Gasteiger partial charge in [-0.1, -0.05) is 46.6 Å². The third-order valence-corrected chi connectivity index (χ3v) is 5.86. The van der Waals surface area contributed by atoms with Crippen molar-refractivity contribution in [1.82, 2.24) is 9.80 Å². The van der Waals surface area contributed by atoms with Crippen LogP contribution < -0.4 is 0 Å². The van der Waals surface area contributed by atoms with E-state index in [-0.39, 0.29) is 0 Å². The molecule has 1 rings (SSSR count). The highest BCUT2D eigenvalue weighted by Gasteiger charge is 2.17. The molecule has 0 aromatic carbocycles. The van der Waals surface area contributed by atoms with E-state index in [4.69, 9.17) is 0 Å². The Morgan fingerprint density at radius 2 is 1.03 bits per heavy atom. The molecule has 1 fully saturated rings. The predicted molar refractivity (Wildman–Crippen MR) is 132 cm³/mol. The number of nitrogens with zero attached hydrogens (tertiary/aromatic N) is 2. The van der Waals surface area contributed by atoms with Crippen molar-refractivity contribution in [2.24, 2.45) is 0 Å². The van der Waals surface area contributed by atoms with Gasteiger partial charge in [0.1, 0.15) is 0 Å². The summed E-state index contributed by atoms with van der Waals surface area (Å²) in [6.45, 7) is 14.8. The normalized spacial score (nSPS) is 16.7. The highest BCUT2D eigenvalue weighted by molar-refractivity contribution is 5.76. The van der Waals surface area contributed by atoms with E-state index in [1.807, 2.05) is 4.90 Å². The average molecular weight is 415 g/mol. The predicted octanol–water partition coefficient (Wildman–Crippen LogP) is 6.69. The summed E-state index contributed by atoms with van der Waals surface area (Å²) in [5.74, 6) is 0.312. The number of hydrogen-bond donors (Lipinski definition) is 0. The van der Waals surface area contributed by atoms with E-state index >= 15 is 0 Å². The number of rotatable bonds is 12. The summed E-state index contributed by atoms with van der Waals surface area (Å²) in [5, 5.41) is 0. The van der Waals surface area contributed by atoms with Crippen molar-refractivity contribution in [3.8, 4) is 0 Å². The van der Waals surface area contributed by atoms with Gasteiger partial charge in [-0.05, 0) is 86.6 Å². The molecule has 1 aliphatic heterocycles. The Hall–Kier alpha value is -1.61. The Bertz CT molecular complexity index is 627. The van der Waals surface area contributed by atoms with Crippen molar-refractivity contribution in [1.29, 1.82) is 0 Å². The van der Waals surface area contributed by atoms with E-state index in [9.17, 15) is 4.79 Å². The van der Waals surface area contributed by atoms with Gasteiger partial charge in [-0.3, -0.25) is 4.79 Å². The number of piperazine rings is 1. The monoisotopic (exact) mass is 414 g/mol. The van der Waals surface area contributed by atoms with Gasteiger partial charge >= 0.3 is 0 Å². The lowest BCUT2D eigenvalue weighted by Gasteiger charge is -2.32. The summed E-state index contributed by atoms with van der Waals surface area (Å²) >= 11 is 0. The molecule has 0 N–H and O–H groups in total. The van der Waals surface area contributed by atoms with Crippen LogP contribution in [-0.4, -0.2) is 48.9 Å². The molecule has 0 bridgehead atoms. The lowest BCUT2D eigenvalue weighted by molar-refractivity contribution is -0.132. The zero-order valence-corrected chi connectivity index (χ0v) is 20.6. The van der Waals surface area contributed by atoms with Crippen LogP contribution >= 0.6 is 0 Å². The van der Waals surface area contributed by atoms with Crippen LogP contribution in [0.2, 0.25) is 0 Å². The molecule has 3 nitrogen and oxygen atoms in total. The topological polar surface area (TPSA) is 23.6 Å². The number of carbonyl (C=O) groups is 1. The molecular weight excluding hydrogens is 368 g/mol. The van der Waals surface area contributed by atoms with Gasteiger partial charge in [0.05, 0.1) is 0 Å². The molecule has 1 aliphatic rings. The van der Waals surface area contributed by atoms with E-state index in [1.165, 1.54) is 28.7 Å². The van der Waals surface area contributed by atoms with E-state index in [0.29, 0.717) is 12.3 Å². The Balaban J connectivity index is 2.20. The largest absolute Gasteiger partial charge is 0.340 e. The Morgan fingerprint density at radius 1 is 0.633 bits per heavy atom. The molecule has 0 aromatic rings. The second-order valence-corrected chi connectivity index (χ2v) is 9.27. The number of amides is 1. The fraction of sp³-hybridized carbons (Fsp3) is 0.667. The second-order valence-electron chi connectivity index (χ2n) is 9.27. The highest BCUT2D eigenvalue weighted by Crippen LogP contribution is 2.14. The zero-order valence-electron chi connectivity index (χ0n) is 20.6. The average Bonchev–Trinajstić information content (AvgIpc) is 2.68. The van der Waals surface area contributed by atoms with Crippen LogP contribution in [0, 0.1) is 0 Å². The molecule has 3 heteroatoms. The van der Waals surface area contributed by atoms with Crippen molar-refractivity contribution in [3.05, 3.63) is 46.6 Å². The molecule has 1 amide bonds. The van der Waals surface area contributed by atoms with E-state index in [0.717, 1.165) is 64.7 Å². The van der Waals surface area contributed by atoms with E-state index in [1.54, 1.807) is 0 Å². The van der Waals surface area contributed by atoms with Crippen molar-refractivity contribution in [2.75, 3.05) is 33.2 Å². The molecule has 1 saturated heterocycles. The van der Waals surface area contributed by atoms with Gasteiger partial charge in [0.15, 0.2) is 0 Å². The van der Waals surface area contributed by atoms with Crippen LogP contribution in [-0.2, 0) is 4.79 Å². The van der Waals surface area contributed by atoms with Gasteiger partial charge < -0.3 is 9.80 Å². The second kappa shape index (κ2) is 15.2. The van der Waals surface area contributed by atoms with Crippen LogP contribution in [0.15, 0.2) is 46.6 Å². The van der Waals surface area contributed by atoms with Gasteiger partial charge in [0.2, 0.25) is 5.91 Å². The molecule has 0 aromatic heterocycles. The third kappa shape index (κ3) is 12.8. The maximum atomic E-state index is 12.3. The Kier molecular flexibility index (Phi) is 13.4.